The van der Waals surface area contributed by atoms with Gasteiger partial charge in [0.15, 0.2) is 0 Å². The van der Waals surface area contributed by atoms with Crippen LogP contribution in [0.15, 0.2) is 0 Å². The highest BCUT2D eigenvalue weighted by atomic mass is 16.2. The number of carbonyl (C=O) groups is 1. The van der Waals surface area contributed by atoms with Crippen molar-refractivity contribution in [3.63, 3.8) is 0 Å². The fourth-order valence-corrected chi connectivity index (χ4v) is 3.22. The summed E-state index contributed by atoms with van der Waals surface area (Å²) < 4.78 is 0. The Bertz CT molecular complexity index is 279. The Hall–Kier alpha value is -0.570. The second-order valence-electron chi connectivity index (χ2n) is 5.96. The lowest BCUT2D eigenvalue weighted by Gasteiger charge is -2.33. The van der Waals surface area contributed by atoms with Crippen molar-refractivity contribution in [2.45, 2.75) is 65.0 Å². The van der Waals surface area contributed by atoms with E-state index < -0.39 is 0 Å². The van der Waals surface area contributed by atoms with Gasteiger partial charge in [-0.1, -0.05) is 40.0 Å². The smallest absolute Gasteiger partial charge is 0.241 e. The predicted molar refractivity (Wildman–Crippen MR) is 69.5 cm³/mol. The maximum absolute atomic E-state index is 12.4. The van der Waals surface area contributed by atoms with E-state index in [9.17, 15) is 4.79 Å². The first-order valence-electron chi connectivity index (χ1n) is 7.17. The van der Waals surface area contributed by atoms with Crippen LogP contribution >= 0.6 is 0 Å². The SMILES string of the molecule is CCC(C)C1NCN(C2CCCC(C)C2)C1=O. The zero-order valence-corrected chi connectivity index (χ0v) is 11.4. The van der Waals surface area contributed by atoms with Gasteiger partial charge in [0.2, 0.25) is 5.91 Å². The molecule has 4 atom stereocenters. The maximum atomic E-state index is 12.4. The Kier molecular flexibility index (Phi) is 4.08. The molecule has 98 valence electrons. The molecule has 3 heteroatoms. The highest BCUT2D eigenvalue weighted by molar-refractivity contribution is 5.84. The highest BCUT2D eigenvalue weighted by Crippen LogP contribution is 2.29. The molecule has 2 aliphatic rings. The van der Waals surface area contributed by atoms with Crippen LogP contribution in [0.25, 0.3) is 0 Å². The molecule has 3 nitrogen and oxygen atoms in total. The fourth-order valence-electron chi connectivity index (χ4n) is 3.22. The molecule has 0 aromatic heterocycles. The molecule has 2 fully saturated rings. The van der Waals surface area contributed by atoms with Gasteiger partial charge in [0.05, 0.1) is 12.7 Å². The van der Waals surface area contributed by atoms with Crippen LogP contribution in [0.1, 0.15) is 52.9 Å². The molecule has 1 saturated carbocycles. The van der Waals surface area contributed by atoms with Gasteiger partial charge < -0.3 is 4.90 Å². The van der Waals surface area contributed by atoms with Crippen LogP contribution < -0.4 is 5.32 Å². The molecule has 0 bridgehead atoms. The Morgan fingerprint density at radius 1 is 1.47 bits per heavy atom. The zero-order valence-electron chi connectivity index (χ0n) is 11.4. The number of nitrogens with zero attached hydrogens (tertiary/aromatic N) is 1. The molecule has 4 unspecified atom stereocenters. The Labute approximate surface area is 105 Å². The first kappa shape index (κ1) is 12.9. The van der Waals surface area contributed by atoms with Crippen LogP contribution in [0, 0.1) is 11.8 Å². The Morgan fingerprint density at radius 2 is 2.24 bits per heavy atom. The van der Waals surface area contributed by atoms with Gasteiger partial charge in [-0.05, 0) is 24.7 Å². The van der Waals surface area contributed by atoms with E-state index >= 15 is 0 Å². The molecule has 0 aromatic rings. The van der Waals surface area contributed by atoms with Crippen LogP contribution in [0.3, 0.4) is 0 Å². The summed E-state index contributed by atoms with van der Waals surface area (Å²) in [7, 11) is 0. The summed E-state index contributed by atoms with van der Waals surface area (Å²) in [5, 5.41) is 3.40. The molecule has 0 aromatic carbocycles. The van der Waals surface area contributed by atoms with Crippen molar-refractivity contribution in [2.75, 3.05) is 6.67 Å². The van der Waals surface area contributed by atoms with Crippen molar-refractivity contribution in [2.24, 2.45) is 11.8 Å². The van der Waals surface area contributed by atoms with Crippen molar-refractivity contribution in [3.8, 4) is 0 Å². The van der Waals surface area contributed by atoms with E-state index in [0.717, 1.165) is 19.0 Å². The largest absolute Gasteiger partial charge is 0.326 e. The average Bonchev–Trinajstić information content (AvgIpc) is 2.70. The van der Waals surface area contributed by atoms with Gasteiger partial charge in [-0.3, -0.25) is 10.1 Å². The van der Waals surface area contributed by atoms with Crippen LogP contribution in [0.4, 0.5) is 0 Å². The van der Waals surface area contributed by atoms with Crippen LogP contribution in [0.5, 0.6) is 0 Å². The van der Waals surface area contributed by atoms with E-state index in [4.69, 9.17) is 0 Å². The van der Waals surface area contributed by atoms with Gasteiger partial charge >= 0.3 is 0 Å². The molecule has 1 saturated heterocycles. The summed E-state index contributed by atoms with van der Waals surface area (Å²) in [6, 6.07) is 0.560. The van der Waals surface area contributed by atoms with Gasteiger partial charge in [0.1, 0.15) is 0 Å². The molecule has 17 heavy (non-hydrogen) atoms. The van der Waals surface area contributed by atoms with Crippen molar-refractivity contribution < 1.29 is 4.79 Å². The lowest BCUT2D eigenvalue weighted by atomic mass is 9.86. The predicted octanol–water partition coefficient (Wildman–Crippen LogP) is 2.37. The molecule has 0 spiro atoms. The molecule has 1 heterocycles. The van der Waals surface area contributed by atoms with Crippen molar-refractivity contribution in [1.82, 2.24) is 10.2 Å². The summed E-state index contributed by atoms with van der Waals surface area (Å²) in [6.45, 7) is 7.41. The normalized spacial score (nSPS) is 36.3. The molecule has 1 aliphatic heterocycles. The van der Waals surface area contributed by atoms with Gasteiger partial charge in [0, 0.05) is 6.04 Å². The van der Waals surface area contributed by atoms with Crippen LogP contribution in [-0.4, -0.2) is 29.6 Å². The minimum Gasteiger partial charge on any atom is -0.326 e. The first-order valence-corrected chi connectivity index (χ1v) is 7.17. The van der Waals surface area contributed by atoms with Crippen molar-refractivity contribution in [3.05, 3.63) is 0 Å². The fraction of sp³-hybridized carbons (Fsp3) is 0.929. The number of hydrogen-bond donors (Lipinski definition) is 1. The molecule has 1 N–H and O–H groups in total. The minimum atomic E-state index is 0.0669. The van der Waals surface area contributed by atoms with E-state index in [1.165, 1.54) is 25.7 Å². The first-order chi connectivity index (χ1) is 8.13. The standard InChI is InChI=1S/C14H26N2O/c1-4-11(3)13-14(17)16(9-15-13)12-7-5-6-10(2)8-12/h10-13,15H,4-9H2,1-3H3. The zero-order chi connectivity index (χ0) is 12.4. The minimum absolute atomic E-state index is 0.0669. The third kappa shape index (κ3) is 2.65. The second-order valence-corrected chi connectivity index (χ2v) is 5.96. The highest BCUT2D eigenvalue weighted by Gasteiger charge is 2.38. The second kappa shape index (κ2) is 5.38. The molecule has 0 radical (unpaired) electrons. The number of hydrogen-bond acceptors (Lipinski definition) is 2. The third-order valence-corrected chi connectivity index (χ3v) is 4.59. The van der Waals surface area contributed by atoms with Crippen LogP contribution in [-0.2, 0) is 4.79 Å². The third-order valence-electron chi connectivity index (χ3n) is 4.59. The summed E-state index contributed by atoms with van der Waals surface area (Å²) in [5.41, 5.74) is 0. The maximum Gasteiger partial charge on any atom is 0.241 e. The van der Waals surface area contributed by atoms with E-state index in [1.807, 2.05) is 0 Å². The number of amides is 1. The summed E-state index contributed by atoms with van der Waals surface area (Å²) >= 11 is 0. The lowest BCUT2D eigenvalue weighted by Crippen LogP contribution is -2.42. The average molecular weight is 238 g/mol. The number of carbonyl (C=O) groups excluding carboxylic acids is 1. The number of nitrogens with one attached hydrogen (secondary N) is 1. The summed E-state index contributed by atoms with van der Waals surface area (Å²) in [5.74, 6) is 1.58. The van der Waals surface area contributed by atoms with E-state index in [1.54, 1.807) is 0 Å². The Morgan fingerprint density at radius 3 is 2.88 bits per heavy atom. The quantitative estimate of drug-likeness (QED) is 0.818. The van der Waals surface area contributed by atoms with E-state index in [0.29, 0.717) is 17.9 Å². The summed E-state index contributed by atoms with van der Waals surface area (Å²) in [4.78, 5) is 14.5. The lowest BCUT2D eigenvalue weighted by molar-refractivity contribution is -0.132. The van der Waals surface area contributed by atoms with Gasteiger partial charge in [0.25, 0.3) is 0 Å². The Balaban J connectivity index is 1.97. The van der Waals surface area contributed by atoms with E-state index in [-0.39, 0.29) is 6.04 Å². The molecule has 1 amide bonds. The van der Waals surface area contributed by atoms with Gasteiger partial charge in [-0.15, -0.1) is 0 Å². The van der Waals surface area contributed by atoms with Gasteiger partial charge in [-0.2, -0.15) is 0 Å². The van der Waals surface area contributed by atoms with E-state index in [2.05, 4.69) is 31.0 Å². The molecular formula is C14H26N2O. The monoisotopic (exact) mass is 238 g/mol. The van der Waals surface area contributed by atoms with Gasteiger partial charge in [-0.25, -0.2) is 0 Å². The van der Waals surface area contributed by atoms with Crippen molar-refractivity contribution in [1.29, 1.82) is 0 Å². The molecule has 2 rings (SSSR count). The summed E-state index contributed by atoms with van der Waals surface area (Å²) in [6.07, 6.45) is 6.08. The van der Waals surface area contributed by atoms with Crippen molar-refractivity contribution >= 4 is 5.91 Å². The molecule has 1 aliphatic carbocycles. The number of rotatable bonds is 3. The topological polar surface area (TPSA) is 32.3 Å². The van der Waals surface area contributed by atoms with Crippen LogP contribution in [0.2, 0.25) is 0 Å². The molecular weight excluding hydrogens is 212 g/mol.